The Morgan fingerprint density at radius 2 is 1.63 bits per heavy atom. The van der Waals surface area contributed by atoms with Crippen molar-refractivity contribution in [3.63, 3.8) is 0 Å². The first-order valence-electron chi connectivity index (χ1n) is 14.7. The molecule has 3 heterocycles. The molecule has 2 saturated carbocycles. The van der Waals surface area contributed by atoms with Crippen molar-refractivity contribution in [2.45, 2.75) is 22.6 Å². The van der Waals surface area contributed by atoms with Crippen molar-refractivity contribution in [2.75, 3.05) is 16.8 Å². The maximum absolute atomic E-state index is 14.0. The van der Waals surface area contributed by atoms with Gasteiger partial charge in [0.25, 0.3) is 5.91 Å². The lowest BCUT2D eigenvalue weighted by molar-refractivity contribution is -0.123. The molecule has 2 aliphatic carbocycles. The summed E-state index contributed by atoms with van der Waals surface area (Å²) in [6, 6.07) is 19.3. The van der Waals surface area contributed by atoms with Crippen LogP contribution in [0.25, 0.3) is 0 Å². The highest BCUT2D eigenvalue weighted by molar-refractivity contribution is 9.10. The van der Waals surface area contributed by atoms with Crippen molar-refractivity contribution >= 4 is 91.3 Å². The van der Waals surface area contributed by atoms with E-state index in [1.54, 1.807) is 60.3 Å². The van der Waals surface area contributed by atoms with Gasteiger partial charge in [-0.25, -0.2) is 0 Å². The van der Waals surface area contributed by atoms with Gasteiger partial charge in [0.05, 0.1) is 22.5 Å². The number of thioether (sulfide) groups is 1. The Balaban J connectivity index is 1.14. The van der Waals surface area contributed by atoms with Gasteiger partial charge in [0.2, 0.25) is 11.8 Å². The quantitative estimate of drug-likeness (QED) is 0.202. The van der Waals surface area contributed by atoms with Crippen LogP contribution < -0.4 is 19.8 Å². The predicted octanol–water partition coefficient (Wildman–Crippen LogP) is 7.20. The van der Waals surface area contributed by atoms with Crippen molar-refractivity contribution in [1.82, 2.24) is 4.98 Å². The summed E-state index contributed by atoms with van der Waals surface area (Å²) >= 11 is 18.5. The number of nitrogens with one attached hydrogen (secondary N) is 2. The maximum Gasteiger partial charge on any atom is 0.305 e. The monoisotopic (exact) mass is 755 g/mol. The van der Waals surface area contributed by atoms with E-state index in [-0.39, 0.29) is 58.1 Å². The van der Waals surface area contributed by atoms with E-state index in [1.807, 2.05) is 18.2 Å². The Labute approximate surface area is 289 Å². The number of hydrogen-bond donors (Lipinski definition) is 2. The number of aromatic amines is 1. The fraction of sp³-hybridized carbons (Fsp3) is 0.273. The highest BCUT2D eigenvalue weighted by Crippen LogP contribution is 2.69. The Kier molecular flexibility index (Phi) is 7.60. The highest BCUT2D eigenvalue weighted by Gasteiger charge is 2.69. The van der Waals surface area contributed by atoms with Crippen LogP contribution in [0.15, 0.2) is 81.0 Å². The van der Waals surface area contributed by atoms with Crippen molar-refractivity contribution in [2.24, 2.45) is 29.6 Å². The smallest absolute Gasteiger partial charge is 0.305 e. The molecular formula is C33H24BrCl2N3O5S2. The number of imide groups is 1. The molecule has 3 fully saturated rings. The molecule has 2 aliphatic heterocycles. The van der Waals surface area contributed by atoms with Crippen molar-refractivity contribution in [3.05, 3.63) is 101 Å². The minimum atomic E-state index is -0.448. The van der Waals surface area contributed by atoms with Gasteiger partial charge in [0.15, 0.2) is 6.61 Å². The highest BCUT2D eigenvalue weighted by atomic mass is 79.9. The lowest BCUT2D eigenvalue weighted by Crippen LogP contribution is -2.42. The van der Waals surface area contributed by atoms with E-state index in [1.165, 1.54) is 16.2 Å². The number of aromatic nitrogens is 1. The van der Waals surface area contributed by atoms with Crippen LogP contribution in [0.4, 0.5) is 11.4 Å². The summed E-state index contributed by atoms with van der Waals surface area (Å²) in [6.45, 7) is -0.233. The molecule has 234 valence electrons. The largest absolute Gasteiger partial charge is 0.483 e. The molecule has 2 N–H and O–H groups in total. The van der Waals surface area contributed by atoms with E-state index in [9.17, 15) is 19.2 Å². The van der Waals surface area contributed by atoms with E-state index in [0.717, 1.165) is 26.4 Å². The number of ether oxygens (including phenoxy) is 1. The van der Waals surface area contributed by atoms with Crippen LogP contribution >= 0.6 is 62.2 Å². The summed E-state index contributed by atoms with van der Waals surface area (Å²) in [4.78, 5) is 58.6. The summed E-state index contributed by atoms with van der Waals surface area (Å²) in [5.41, 5.74) is 1.96. The second-order valence-corrected chi connectivity index (χ2v) is 16.0. The minimum Gasteiger partial charge on any atom is -0.483 e. The molecular weight excluding hydrogens is 733 g/mol. The number of benzene rings is 3. The minimum absolute atomic E-state index is 0.0101. The van der Waals surface area contributed by atoms with Crippen LogP contribution in [0.5, 0.6) is 5.75 Å². The molecule has 46 heavy (non-hydrogen) atoms. The van der Waals surface area contributed by atoms with Crippen LogP contribution in [0.2, 0.25) is 10.0 Å². The number of halogens is 3. The molecule has 3 amide bonds. The van der Waals surface area contributed by atoms with Crippen LogP contribution in [0.3, 0.4) is 0 Å². The molecule has 13 heteroatoms. The number of rotatable bonds is 6. The summed E-state index contributed by atoms with van der Waals surface area (Å²) in [6.07, 6.45) is 0.757. The maximum atomic E-state index is 14.0. The number of nitrogens with zero attached hydrogens (tertiary/aromatic N) is 1. The first kappa shape index (κ1) is 30.3. The van der Waals surface area contributed by atoms with E-state index in [2.05, 4.69) is 26.2 Å². The van der Waals surface area contributed by atoms with Gasteiger partial charge in [0, 0.05) is 41.8 Å². The van der Waals surface area contributed by atoms with E-state index >= 15 is 0 Å². The Hall–Kier alpha value is -3.09. The standard InChI is InChI=1S/C33H24BrCl2N3O5S2/c34-14-1-10-22(44-13-23(40)37-17-6-2-15(35)3-7-17)19(11-14)24-25-20-12-21(28(25)45-30-29(24)46-33(43)38-30)27-26(20)31(41)39(32(27)42)18-8-4-16(36)5-9-18/h1-11,20-21,24-28H,12-13H2,(H,37,40)(H,38,43)/t20?,21?,24-,25?,26?,27?,28?/m1/s1. The van der Waals surface area contributed by atoms with E-state index in [4.69, 9.17) is 27.9 Å². The third-order valence-corrected chi connectivity index (χ3v) is 13.2. The number of fused-ring (bicyclic) bond motifs is 9. The normalized spacial score (nSPS) is 27.4. The zero-order valence-electron chi connectivity index (χ0n) is 23.7. The summed E-state index contributed by atoms with van der Waals surface area (Å²) in [5.74, 6) is -1.42. The molecule has 7 atom stereocenters. The predicted molar refractivity (Wildman–Crippen MR) is 182 cm³/mol. The molecule has 8 rings (SSSR count). The van der Waals surface area contributed by atoms with Gasteiger partial charge in [-0.15, -0.1) is 11.8 Å². The third kappa shape index (κ3) is 4.93. The van der Waals surface area contributed by atoms with Crippen molar-refractivity contribution in [1.29, 1.82) is 0 Å². The second kappa shape index (κ2) is 11.6. The third-order valence-electron chi connectivity index (χ3n) is 9.60. The molecule has 0 radical (unpaired) electrons. The molecule has 1 aromatic heterocycles. The average molecular weight is 758 g/mol. The van der Waals surface area contributed by atoms with Crippen LogP contribution in [-0.4, -0.2) is 34.6 Å². The Morgan fingerprint density at radius 3 is 2.35 bits per heavy atom. The Bertz CT molecular complexity index is 1970. The van der Waals surface area contributed by atoms with Crippen molar-refractivity contribution < 1.29 is 19.1 Å². The first-order valence-corrected chi connectivity index (χ1v) is 17.9. The molecule has 4 aliphatic rings. The Morgan fingerprint density at radius 1 is 0.957 bits per heavy atom. The first-order chi connectivity index (χ1) is 22.2. The summed E-state index contributed by atoms with van der Waals surface area (Å²) < 4.78 is 6.99. The molecule has 8 nitrogen and oxygen atoms in total. The number of carbonyl (C=O) groups excluding carboxylic acids is 3. The van der Waals surface area contributed by atoms with Gasteiger partial charge in [-0.1, -0.05) is 50.5 Å². The number of thiazole rings is 1. The number of amides is 3. The zero-order chi connectivity index (χ0) is 31.9. The molecule has 6 unspecified atom stereocenters. The number of carbonyl (C=O) groups is 3. The zero-order valence-corrected chi connectivity index (χ0v) is 28.5. The fourth-order valence-electron chi connectivity index (χ4n) is 7.98. The number of hydrogen-bond acceptors (Lipinski definition) is 7. The van der Waals surface area contributed by atoms with Crippen LogP contribution in [0.1, 0.15) is 22.8 Å². The lowest BCUT2D eigenvalue weighted by Gasteiger charge is -2.43. The molecule has 2 bridgehead atoms. The topological polar surface area (TPSA) is 109 Å². The molecule has 0 spiro atoms. The van der Waals surface area contributed by atoms with Crippen molar-refractivity contribution in [3.8, 4) is 5.75 Å². The molecule has 1 saturated heterocycles. The second-order valence-electron chi connectivity index (χ2n) is 12.0. The molecule has 4 aromatic rings. The summed E-state index contributed by atoms with van der Waals surface area (Å²) in [5, 5.41) is 4.72. The van der Waals surface area contributed by atoms with Crippen LogP contribution in [-0.2, 0) is 14.4 Å². The number of anilines is 2. The van der Waals surface area contributed by atoms with Crippen LogP contribution in [0, 0.1) is 29.6 Å². The van der Waals surface area contributed by atoms with E-state index in [0.29, 0.717) is 27.2 Å². The molecule has 3 aromatic carbocycles. The SMILES string of the molecule is O=C(COc1ccc(Br)cc1[C@H]1c2sc(=O)[nH]c2SC2C3CC(C4C(=O)N(c5ccc(Cl)cc5)C(=O)C34)C21)Nc1ccc(Cl)cc1. The summed E-state index contributed by atoms with van der Waals surface area (Å²) in [7, 11) is 0. The van der Waals surface area contributed by atoms with Gasteiger partial charge in [-0.05, 0) is 90.9 Å². The van der Waals surface area contributed by atoms with Gasteiger partial charge < -0.3 is 15.0 Å². The van der Waals surface area contributed by atoms with E-state index < -0.39 is 11.8 Å². The number of H-pyrrole nitrogens is 1. The van der Waals surface area contributed by atoms with Gasteiger partial charge >= 0.3 is 4.87 Å². The van der Waals surface area contributed by atoms with Gasteiger partial charge in [0.1, 0.15) is 5.75 Å². The van der Waals surface area contributed by atoms with Gasteiger partial charge in [-0.2, -0.15) is 0 Å². The average Bonchev–Trinajstić information content (AvgIpc) is 3.77. The fourth-order valence-corrected chi connectivity index (χ4v) is 11.5. The lowest BCUT2D eigenvalue weighted by atomic mass is 9.68. The van der Waals surface area contributed by atoms with Gasteiger partial charge in [-0.3, -0.25) is 24.1 Å².